The summed E-state index contributed by atoms with van der Waals surface area (Å²) in [6, 6.07) is 0. The van der Waals surface area contributed by atoms with Crippen LogP contribution in [0.1, 0.15) is 67.2 Å². The molecule has 5 nitrogen and oxygen atoms in total. The molecule has 4 heterocycles. The molecular formula is C20H34O5. The van der Waals surface area contributed by atoms with Gasteiger partial charge >= 0.3 is 5.97 Å². The molecule has 0 amide bonds. The molecule has 25 heavy (non-hydrogen) atoms. The van der Waals surface area contributed by atoms with Crippen molar-refractivity contribution < 1.29 is 23.7 Å². The Hall–Kier alpha value is -0.650. The summed E-state index contributed by atoms with van der Waals surface area (Å²) in [4.78, 5) is 11.5. The van der Waals surface area contributed by atoms with Gasteiger partial charge in [0.1, 0.15) is 0 Å². The number of rotatable bonds is 1. The van der Waals surface area contributed by atoms with E-state index in [0.29, 0.717) is 24.4 Å². The largest absolute Gasteiger partial charge is 0.436 e. The second-order valence-electron chi connectivity index (χ2n) is 8.26. The van der Waals surface area contributed by atoms with Crippen LogP contribution in [0, 0.1) is 29.1 Å². The predicted octanol–water partition coefficient (Wildman–Crippen LogP) is 4.10. The third-order valence-corrected chi connectivity index (χ3v) is 6.94. The summed E-state index contributed by atoms with van der Waals surface area (Å²) in [6.07, 6.45) is 3.53. The van der Waals surface area contributed by atoms with Gasteiger partial charge < -0.3 is 18.9 Å². The minimum absolute atomic E-state index is 0.0935. The van der Waals surface area contributed by atoms with Crippen LogP contribution >= 0.6 is 0 Å². The molecule has 5 heteroatoms. The quantitative estimate of drug-likeness (QED) is 0.664. The molecular weight excluding hydrogens is 320 g/mol. The maximum Gasteiger partial charge on any atom is 0.304 e. The lowest BCUT2D eigenvalue weighted by Crippen LogP contribution is -2.66. The summed E-state index contributed by atoms with van der Waals surface area (Å²) in [6.45, 7) is 12.7. The molecule has 4 aliphatic heterocycles. The van der Waals surface area contributed by atoms with Crippen LogP contribution in [-0.2, 0) is 23.7 Å². The fourth-order valence-electron chi connectivity index (χ4n) is 5.74. The summed E-state index contributed by atoms with van der Waals surface area (Å²) in [5.41, 5.74) is -0.0935. The highest BCUT2D eigenvalue weighted by Gasteiger charge is 2.67. The number of esters is 1. The molecule has 2 bridgehead atoms. The lowest BCUT2D eigenvalue weighted by atomic mass is 9.52. The normalized spacial score (nSPS) is 50.8. The summed E-state index contributed by atoms with van der Waals surface area (Å²) >= 11 is 0. The third-order valence-electron chi connectivity index (χ3n) is 6.94. The molecule has 5 aliphatic rings. The Morgan fingerprint density at radius 3 is 2.52 bits per heavy atom. The van der Waals surface area contributed by atoms with Crippen molar-refractivity contribution in [2.75, 3.05) is 6.61 Å². The van der Waals surface area contributed by atoms with E-state index in [1.807, 2.05) is 20.8 Å². The first-order valence-corrected chi connectivity index (χ1v) is 10.0. The Morgan fingerprint density at radius 1 is 1.12 bits per heavy atom. The Morgan fingerprint density at radius 2 is 1.84 bits per heavy atom. The zero-order valence-electron chi connectivity index (χ0n) is 16.5. The highest BCUT2D eigenvalue weighted by atomic mass is 16.8. The van der Waals surface area contributed by atoms with Gasteiger partial charge in [-0.3, -0.25) is 4.79 Å². The molecule has 0 aromatic heterocycles. The summed E-state index contributed by atoms with van der Waals surface area (Å²) in [5, 5.41) is 0. The van der Waals surface area contributed by atoms with E-state index < -0.39 is 12.1 Å². The van der Waals surface area contributed by atoms with Gasteiger partial charge in [-0.1, -0.05) is 34.1 Å². The van der Waals surface area contributed by atoms with Crippen LogP contribution in [0.25, 0.3) is 0 Å². The van der Waals surface area contributed by atoms with Crippen LogP contribution in [-0.4, -0.2) is 30.9 Å². The Bertz CT molecular complexity index is 508. The molecule has 8 atom stereocenters. The van der Waals surface area contributed by atoms with E-state index >= 15 is 0 Å². The fraction of sp³-hybridized carbons (Fsp3) is 0.950. The van der Waals surface area contributed by atoms with Gasteiger partial charge in [-0.15, -0.1) is 0 Å². The summed E-state index contributed by atoms with van der Waals surface area (Å²) in [7, 11) is 0. The van der Waals surface area contributed by atoms with Gasteiger partial charge in [0.05, 0.1) is 12.0 Å². The van der Waals surface area contributed by atoms with Crippen molar-refractivity contribution in [1.82, 2.24) is 0 Å². The number of carbonyl (C=O) groups is 1. The summed E-state index contributed by atoms with van der Waals surface area (Å²) < 4.78 is 24.2. The maximum absolute atomic E-state index is 11.5. The van der Waals surface area contributed by atoms with E-state index in [1.54, 1.807) is 0 Å². The predicted molar refractivity (Wildman–Crippen MR) is 93.4 cm³/mol. The first-order valence-electron chi connectivity index (χ1n) is 10.0. The van der Waals surface area contributed by atoms with Crippen LogP contribution in [0.15, 0.2) is 0 Å². The topological polar surface area (TPSA) is 54.0 Å². The van der Waals surface area contributed by atoms with E-state index in [-0.39, 0.29) is 23.6 Å². The van der Waals surface area contributed by atoms with Gasteiger partial charge in [-0.25, -0.2) is 0 Å². The van der Waals surface area contributed by atoms with Crippen LogP contribution in [0.3, 0.4) is 0 Å². The first kappa shape index (κ1) is 19.1. The molecule has 0 aromatic carbocycles. The van der Waals surface area contributed by atoms with Gasteiger partial charge in [0.15, 0.2) is 12.1 Å². The zero-order chi connectivity index (χ0) is 18.4. The average Bonchev–Trinajstić information content (AvgIpc) is 2.80. The van der Waals surface area contributed by atoms with Gasteiger partial charge in [-0.2, -0.15) is 0 Å². The molecule has 0 N–H and O–H groups in total. The van der Waals surface area contributed by atoms with Crippen molar-refractivity contribution in [2.45, 2.75) is 85.6 Å². The second kappa shape index (κ2) is 6.82. The minimum atomic E-state index is -0.571. The van der Waals surface area contributed by atoms with E-state index in [2.05, 4.69) is 13.8 Å². The van der Waals surface area contributed by atoms with Crippen molar-refractivity contribution >= 4 is 5.97 Å². The van der Waals surface area contributed by atoms with Crippen molar-refractivity contribution in [2.24, 2.45) is 29.1 Å². The van der Waals surface area contributed by atoms with Crippen molar-refractivity contribution in [1.29, 1.82) is 0 Å². The molecule has 144 valence electrons. The van der Waals surface area contributed by atoms with Gasteiger partial charge in [0.2, 0.25) is 6.29 Å². The molecule has 5 rings (SSSR count). The maximum atomic E-state index is 11.5. The number of hydrogen-bond acceptors (Lipinski definition) is 5. The number of carbonyl (C=O) groups excluding carboxylic acids is 1. The fourth-order valence-corrected chi connectivity index (χ4v) is 5.74. The second-order valence-corrected chi connectivity index (χ2v) is 8.26. The smallest absolute Gasteiger partial charge is 0.304 e. The first-order chi connectivity index (χ1) is 11.9. The molecule has 4 saturated heterocycles. The van der Waals surface area contributed by atoms with Crippen molar-refractivity contribution in [3.8, 4) is 0 Å². The molecule has 1 saturated carbocycles. The molecule has 0 aromatic rings. The van der Waals surface area contributed by atoms with Crippen molar-refractivity contribution in [3.05, 3.63) is 0 Å². The SMILES string of the molecule is CC.CC(=O)OC1OC2OC3(C)CCC4C(C)CCC(C1C)C24CO3. The number of ether oxygens (including phenoxy) is 4. The van der Waals surface area contributed by atoms with E-state index in [1.165, 1.54) is 13.3 Å². The van der Waals surface area contributed by atoms with E-state index in [0.717, 1.165) is 19.3 Å². The molecule has 1 aliphatic carbocycles. The van der Waals surface area contributed by atoms with Gasteiger partial charge in [0, 0.05) is 19.3 Å². The van der Waals surface area contributed by atoms with E-state index in [4.69, 9.17) is 18.9 Å². The van der Waals surface area contributed by atoms with Gasteiger partial charge in [0.25, 0.3) is 0 Å². The van der Waals surface area contributed by atoms with Crippen LogP contribution < -0.4 is 0 Å². The zero-order valence-corrected chi connectivity index (χ0v) is 16.5. The van der Waals surface area contributed by atoms with Crippen LogP contribution in [0.4, 0.5) is 0 Å². The highest BCUT2D eigenvalue weighted by molar-refractivity contribution is 5.66. The van der Waals surface area contributed by atoms with E-state index in [9.17, 15) is 4.79 Å². The minimum Gasteiger partial charge on any atom is -0.436 e. The number of hydrogen-bond donors (Lipinski definition) is 0. The average molecular weight is 354 g/mol. The Kier molecular flexibility index (Phi) is 5.22. The monoisotopic (exact) mass is 354 g/mol. The van der Waals surface area contributed by atoms with Crippen LogP contribution in [0.5, 0.6) is 0 Å². The summed E-state index contributed by atoms with van der Waals surface area (Å²) in [5.74, 6) is 0.923. The standard InChI is InChI=1S/C18H28O5.C2H6/c1-10-5-6-14-11(2)15(21-12(3)19)22-16-18(14)9-20-17(4,23-16)8-7-13(10)18;1-2/h10-11,13-16H,5-9H2,1-4H3;1-2H3. The van der Waals surface area contributed by atoms with Gasteiger partial charge in [-0.05, 0) is 37.5 Å². The Labute approximate surface area is 151 Å². The molecule has 1 spiro atoms. The van der Waals surface area contributed by atoms with Crippen molar-refractivity contribution in [3.63, 3.8) is 0 Å². The lowest BCUT2D eigenvalue weighted by molar-refractivity contribution is -0.440. The third kappa shape index (κ3) is 2.92. The molecule has 8 unspecified atom stereocenters. The van der Waals surface area contributed by atoms with Crippen LogP contribution in [0.2, 0.25) is 0 Å². The Balaban J connectivity index is 0.000000880. The molecule has 0 radical (unpaired) electrons. The molecule has 5 fully saturated rings. The lowest BCUT2D eigenvalue weighted by Gasteiger charge is -2.61. The highest BCUT2D eigenvalue weighted by Crippen LogP contribution is 2.63. The number of fused-ring (bicyclic) bond motifs is 2.